The average Bonchev–Trinajstić information content (AvgIpc) is 2.76. The second kappa shape index (κ2) is 4.82. The second-order valence-electron chi connectivity index (χ2n) is 7.47. The summed E-state index contributed by atoms with van der Waals surface area (Å²) in [5.74, 6) is -0.865. The van der Waals surface area contributed by atoms with Gasteiger partial charge in [-0.25, -0.2) is 4.79 Å². The zero-order valence-corrected chi connectivity index (χ0v) is 13.7. The lowest BCUT2D eigenvalue weighted by atomic mass is 9.55. The zero-order chi connectivity index (χ0) is 16.2. The molecule has 3 atom stereocenters. The summed E-state index contributed by atoms with van der Waals surface area (Å²) in [7, 11) is 1.35. The minimum atomic E-state index is -1.18. The maximum atomic E-state index is 12.4. The van der Waals surface area contributed by atoms with E-state index in [1.165, 1.54) is 19.6 Å². The number of carbonyl (C=O) groups is 2. The lowest BCUT2D eigenvalue weighted by Gasteiger charge is -2.49. The Kier molecular flexibility index (Phi) is 3.40. The highest BCUT2D eigenvalue weighted by Gasteiger charge is 2.65. The van der Waals surface area contributed by atoms with Crippen LogP contribution in [0.2, 0.25) is 0 Å². The zero-order valence-electron chi connectivity index (χ0n) is 13.7. The Bertz CT molecular complexity index is 549. The van der Waals surface area contributed by atoms with Gasteiger partial charge >= 0.3 is 11.9 Å². The molecule has 1 heterocycles. The first-order chi connectivity index (χ1) is 10.3. The molecule has 2 bridgehead atoms. The van der Waals surface area contributed by atoms with Gasteiger partial charge in [0.15, 0.2) is 6.10 Å². The molecule has 3 aliphatic rings. The third-order valence-electron chi connectivity index (χ3n) is 5.57. The van der Waals surface area contributed by atoms with Crippen molar-refractivity contribution in [3.05, 3.63) is 11.6 Å². The van der Waals surface area contributed by atoms with Gasteiger partial charge in [-0.05, 0) is 24.3 Å². The van der Waals surface area contributed by atoms with E-state index in [2.05, 4.69) is 13.8 Å². The van der Waals surface area contributed by atoms with Gasteiger partial charge in [-0.15, -0.1) is 0 Å². The molecule has 0 aromatic carbocycles. The summed E-state index contributed by atoms with van der Waals surface area (Å²) in [5, 5.41) is 0. The van der Waals surface area contributed by atoms with E-state index in [-0.39, 0.29) is 10.8 Å². The molecule has 0 unspecified atom stereocenters. The minimum Gasteiger partial charge on any atom is -0.467 e. The summed E-state index contributed by atoms with van der Waals surface area (Å²) < 4.78 is 16.4. The van der Waals surface area contributed by atoms with E-state index in [0.29, 0.717) is 13.0 Å². The van der Waals surface area contributed by atoms with Crippen molar-refractivity contribution >= 4 is 11.9 Å². The third kappa shape index (κ3) is 2.02. The minimum absolute atomic E-state index is 0.0344. The molecule has 3 rings (SSSR count). The molecule has 5 heteroatoms. The fourth-order valence-electron chi connectivity index (χ4n) is 4.66. The van der Waals surface area contributed by atoms with E-state index >= 15 is 0 Å². The number of ether oxygens (including phenoxy) is 3. The van der Waals surface area contributed by atoms with Crippen molar-refractivity contribution in [2.45, 2.75) is 58.2 Å². The highest BCUT2D eigenvalue weighted by atomic mass is 16.6. The van der Waals surface area contributed by atoms with Crippen molar-refractivity contribution in [2.24, 2.45) is 10.8 Å². The van der Waals surface area contributed by atoms with Gasteiger partial charge in [0.2, 0.25) is 5.60 Å². The first-order valence-corrected chi connectivity index (χ1v) is 7.88. The molecule has 5 nitrogen and oxygen atoms in total. The van der Waals surface area contributed by atoms with E-state index in [4.69, 9.17) is 14.2 Å². The van der Waals surface area contributed by atoms with E-state index in [1.54, 1.807) is 0 Å². The molecule has 0 aromatic heterocycles. The first kappa shape index (κ1) is 15.5. The standard InChI is InChI=1S/C17H24O5/c1-11(18)22-13-8-12-15(2,3)6-5-7-16(12)9-17(13,21-10-16)14(19)20-4/h8,13H,5-7,9-10H2,1-4H3/t13-,16+,17+/m1/s1. The summed E-state index contributed by atoms with van der Waals surface area (Å²) in [5.41, 5.74) is 0.00541. The highest BCUT2D eigenvalue weighted by molar-refractivity contribution is 5.83. The molecule has 2 fully saturated rings. The predicted molar refractivity (Wildman–Crippen MR) is 79.0 cm³/mol. The monoisotopic (exact) mass is 308 g/mol. The molecule has 1 spiro atoms. The van der Waals surface area contributed by atoms with Crippen molar-refractivity contribution in [3.63, 3.8) is 0 Å². The fourth-order valence-corrected chi connectivity index (χ4v) is 4.66. The van der Waals surface area contributed by atoms with Crippen LogP contribution in [0.3, 0.4) is 0 Å². The Morgan fingerprint density at radius 3 is 2.68 bits per heavy atom. The fraction of sp³-hybridized carbons (Fsp3) is 0.765. The lowest BCUT2D eigenvalue weighted by molar-refractivity contribution is -0.182. The van der Waals surface area contributed by atoms with Crippen molar-refractivity contribution in [2.75, 3.05) is 13.7 Å². The van der Waals surface area contributed by atoms with Gasteiger partial charge in [-0.3, -0.25) is 4.79 Å². The number of carbonyl (C=O) groups excluding carboxylic acids is 2. The molecule has 2 aliphatic carbocycles. The summed E-state index contributed by atoms with van der Waals surface area (Å²) in [6.45, 7) is 6.28. The Balaban J connectivity index is 2.10. The van der Waals surface area contributed by atoms with Gasteiger partial charge < -0.3 is 14.2 Å². The van der Waals surface area contributed by atoms with E-state index in [9.17, 15) is 9.59 Å². The van der Waals surface area contributed by atoms with Gasteiger partial charge in [0.1, 0.15) is 0 Å². The Hall–Kier alpha value is -1.36. The van der Waals surface area contributed by atoms with Gasteiger partial charge in [0.25, 0.3) is 0 Å². The van der Waals surface area contributed by atoms with Crippen LogP contribution in [0.15, 0.2) is 11.6 Å². The summed E-state index contributed by atoms with van der Waals surface area (Å²) in [6, 6.07) is 0. The van der Waals surface area contributed by atoms with E-state index in [1.807, 2.05) is 6.08 Å². The molecular weight excluding hydrogens is 284 g/mol. The molecule has 122 valence electrons. The second-order valence-corrected chi connectivity index (χ2v) is 7.47. The van der Waals surface area contributed by atoms with Crippen LogP contribution in [0.5, 0.6) is 0 Å². The SMILES string of the molecule is COC(=O)[C@]12C[C@@]3(CCCC(C)(C)C3=C[C@H]1OC(C)=O)CO2. The van der Waals surface area contributed by atoms with Crippen LogP contribution in [-0.2, 0) is 23.8 Å². The Labute approximate surface area is 131 Å². The summed E-state index contributed by atoms with van der Waals surface area (Å²) >= 11 is 0. The maximum Gasteiger partial charge on any atom is 0.342 e. The van der Waals surface area contributed by atoms with Crippen LogP contribution < -0.4 is 0 Å². The Morgan fingerprint density at radius 1 is 1.32 bits per heavy atom. The van der Waals surface area contributed by atoms with Crippen molar-refractivity contribution < 1.29 is 23.8 Å². The van der Waals surface area contributed by atoms with Gasteiger partial charge in [0, 0.05) is 18.8 Å². The molecule has 0 amide bonds. The molecule has 0 aromatic rings. The van der Waals surface area contributed by atoms with Crippen LogP contribution in [0.4, 0.5) is 0 Å². The normalized spacial score (nSPS) is 38.7. The number of hydrogen-bond acceptors (Lipinski definition) is 5. The predicted octanol–water partition coefficient (Wildman–Crippen LogP) is 2.39. The molecule has 1 saturated heterocycles. The quantitative estimate of drug-likeness (QED) is 0.579. The number of esters is 2. The smallest absolute Gasteiger partial charge is 0.342 e. The number of fused-ring (bicyclic) bond motifs is 1. The van der Waals surface area contributed by atoms with Crippen molar-refractivity contribution in [1.82, 2.24) is 0 Å². The van der Waals surface area contributed by atoms with Crippen molar-refractivity contribution in [1.29, 1.82) is 0 Å². The molecule has 0 radical (unpaired) electrons. The summed E-state index contributed by atoms with van der Waals surface area (Å²) in [6.07, 6.45) is 5.02. The first-order valence-electron chi connectivity index (χ1n) is 7.88. The van der Waals surface area contributed by atoms with Gasteiger partial charge in [-0.1, -0.05) is 25.8 Å². The van der Waals surface area contributed by atoms with Crippen LogP contribution in [0.25, 0.3) is 0 Å². The van der Waals surface area contributed by atoms with Crippen molar-refractivity contribution in [3.8, 4) is 0 Å². The van der Waals surface area contributed by atoms with Crippen LogP contribution >= 0.6 is 0 Å². The maximum absolute atomic E-state index is 12.4. The van der Waals surface area contributed by atoms with Crippen LogP contribution in [-0.4, -0.2) is 37.4 Å². The molecular formula is C17H24O5. The Morgan fingerprint density at radius 2 is 2.05 bits per heavy atom. The molecule has 1 aliphatic heterocycles. The number of methoxy groups -OCH3 is 1. The van der Waals surface area contributed by atoms with Crippen LogP contribution in [0.1, 0.15) is 46.5 Å². The van der Waals surface area contributed by atoms with E-state index < -0.39 is 23.6 Å². The highest BCUT2D eigenvalue weighted by Crippen LogP contribution is 2.61. The van der Waals surface area contributed by atoms with Gasteiger partial charge in [0.05, 0.1) is 13.7 Å². The number of rotatable bonds is 2. The van der Waals surface area contributed by atoms with E-state index in [0.717, 1.165) is 19.3 Å². The topological polar surface area (TPSA) is 61.8 Å². The average molecular weight is 308 g/mol. The van der Waals surface area contributed by atoms with Crippen LogP contribution in [0, 0.1) is 10.8 Å². The third-order valence-corrected chi connectivity index (χ3v) is 5.57. The molecule has 0 N–H and O–H groups in total. The lowest BCUT2D eigenvalue weighted by Crippen LogP contribution is -2.54. The molecule has 1 saturated carbocycles. The van der Waals surface area contributed by atoms with Gasteiger partial charge in [-0.2, -0.15) is 0 Å². The largest absolute Gasteiger partial charge is 0.467 e. The molecule has 22 heavy (non-hydrogen) atoms. The summed E-state index contributed by atoms with van der Waals surface area (Å²) in [4.78, 5) is 23.9. The number of hydrogen-bond donors (Lipinski definition) is 0.